The summed E-state index contributed by atoms with van der Waals surface area (Å²) in [5, 5.41) is 5.63. The Hall–Kier alpha value is -2.41. The minimum absolute atomic E-state index is 0.0783. The minimum Gasteiger partial charge on any atom is -0.340 e. The number of benzene rings is 1. The van der Waals surface area contributed by atoms with E-state index in [0.717, 1.165) is 31.7 Å². The van der Waals surface area contributed by atoms with Gasteiger partial charge in [-0.05, 0) is 26.1 Å². The van der Waals surface area contributed by atoms with E-state index in [1.165, 1.54) is 0 Å². The van der Waals surface area contributed by atoms with Crippen molar-refractivity contribution < 1.29 is 9.59 Å². The molecule has 2 heterocycles. The molecule has 128 valence electrons. The molecule has 7 nitrogen and oxygen atoms in total. The fourth-order valence-electron chi connectivity index (χ4n) is 2.77. The fraction of sp³-hybridized carbons (Fsp3) is 0.471. The highest BCUT2D eigenvalue weighted by molar-refractivity contribution is 6.05. The number of guanidine groups is 1. The average Bonchev–Trinajstić information content (AvgIpc) is 2.57. The van der Waals surface area contributed by atoms with Gasteiger partial charge in [0.25, 0.3) is 0 Å². The number of rotatable bonds is 2. The van der Waals surface area contributed by atoms with Crippen molar-refractivity contribution in [2.24, 2.45) is 4.99 Å². The molecule has 1 aromatic rings. The second-order valence-electron chi connectivity index (χ2n) is 6.37. The zero-order valence-electron chi connectivity index (χ0n) is 14.1. The average molecular weight is 329 g/mol. The van der Waals surface area contributed by atoms with Crippen LogP contribution in [-0.2, 0) is 9.59 Å². The summed E-state index contributed by atoms with van der Waals surface area (Å²) in [6, 6.07) is 6.88. The molecule has 7 heteroatoms. The van der Waals surface area contributed by atoms with Crippen LogP contribution in [0.4, 0.5) is 5.69 Å². The summed E-state index contributed by atoms with van der Waals surface area (Å²) in [5.74, 6) is 0.103. The Morgan fingerprint density at radius 3 is 2.54 bits per heavy atom. The van der Waals surface area contributed by atoms with E-state index in [0.29, 0.717) is 11.6 Å². The Morgan fingerprint density at radius 1 is 1.21 bits per heavy atom. The fourth-order valence-corrected chi connectivity index (χ4v) is 2.77. The Bertz CT molecular complexity index is 647. The number of aryl methyl sites for hydroxylation is 1. The third-order valence-corrected chi connectivity index (χ3v) is 4.33. The number of aliphatic imine (C=N–C) groups is 1. The zero-order valence-corrected chi connectivity index (χ0v) is 14.1. The van der Waals surface area contributed by atoms with Crippen LogP contribution in [0, 0.1) is 6.92 Å². The van der Waals surface area contributed by atoms with Gasteiger partial charge in [-0.1, -0.05) is 17.7 Å². The van der Waals surface area contributed by atoms with Gasteiger partial charge in [-0.25, -0.2) is 4.99 Å². The Kier molecular flexibility index (Phi) is 4.80. The molecule has 2 N–H and O–H groups in total. The van der Waals surface area contributed by atoms with Gasteiger partial charge in [-0.3, -0.25) is 14.9 Å². The van der Waals surface area contributed by atoms with Gasteiger partial charge in [0.1, 0.15) is 6.04 Å². The molecule has 0 aliphatic carbocycles. The highest BCUT2D eigenvalue weighted by Gasteiger charge is 2.30. The third-order valence-electron chi connectivity index (χ3n) is 4.33. The van der Waals surface area contributed by atoms with Crippen LogP contribution in [0.15, 0.2) is 29.3 Å². The maximum atomic E-state index is 12.5. The lowest BCUT2D eigenvalue weighted by atomic mass is 10.1. The second-order valence-corrected chi connectivity index (χ2v) is 6.37. The predicted octanol–water partition coefficient (Wildman–Crippen LogP) is 0.425. The van der Waals surface area contributed by atoms with E-state index in [1.807, 2.05) is 36.1 Å². The van der Waals surface area contributed by atoms with Crippen molar-refractivity contribution in [3.8, 4) is 0 Å². The topological polar surface area (TPSA) is 77.0 Å². The lowest BCUT2D eigenvalue weighted by Gasteiger charge is -2.36. The number of anilines is 1. The number of amides is 2. The third kappa shape index (κ3) is 3.91. The van der Waals surface area contributed by atoms with Crippen molar-refractivity contribution in [3.63, 3.8) is 0 Å². The molecule has 2 aliphatic heterocycles. The van der Waals surface area contributed by atoms with Crippen LogP contribution in [0.3, 0.4) is 0 Å². The number of carbonyl (C=O) groups excluding carboxylic acids is 2. The number of carbonyl (C=O) groups is 2. The van der Waals surface area contributed by atoms with Gasteiger partial charge in [0.05, 0.1) is 6.42 Å². The maximum Gasteiger partial charge on any atom is 0.249 e. The molecule has 3 rings (SSSR count). The first kappa shape index (κ1) is 16.4. The van der Waals surface area contributed by atoms with Gasteiger partial charge in [0.2, 0.25) is 17.8 Å². The normalized spacial score (nSPS) is 21.9. The molecular weight excluding hydrogens is 306 g/mol. The van der Waals surface area contributed by atoms with Crippen molar-refractivity contribution in [2.45, 2.75) is 19.4 Å². The summed E-state index contributed by atoms with van der Waals surface area (Å²) >= 11 is 0. The summed E-state index contributed by atoms with van der Waals surface area (Å²) in [4.78, 5) is 33.2. The molecule has 1 saturated heterocycles. The van der Waals surface area contributed by atoms with Crippen molar-refractivity contribution in [1.29, 1.82) is 0 Å². The largest absolute Gasteiger partial charge is 0.340 e. The lowest BCUT2D eigenvalue weighted by Crippen LogP contribution is -2.55. The molecule has 0 saturated carbocycles. The summed E-state index contributed by atoms with van der Waals surface area (Å²) in [5.41, 5.74) is 1.84. The number of piperazine rings is 1. The van der Waals surface area contributed by atoms with E-state index in [-0.39, 0.29) is 18.2 Å². The maximum absolute atomic E-state index is 12.5. The Labute approximate surface area is 141 Å². The van der Waals surface area contributed by atoms with Crippen LogP contribution >= 0.6 is 0 Å². The quantitative estimate of drug-likeness (QED) is 0.825. The van der Waals surface area contributed by atoms with E-state index >= 15 is 0 Å². The second kappa shape index (κ2) is 7.00. The van der Waals surface area contributed by atoms with Crippen LogP contribution in [-0.4, -0.2) is 66.8 Å². The van der Waals surface area contributed by atoms with Gasteiger partial charge >= 0.3 is 0 Å². The molecule has 0 bridgehead atoms. The Balaban J connectivity index is 1.69. The SMILES string of the molecule is Cc1ccc(NC(=O)[C@@H]2CC(=O)NC(N3CCN(C)CC3)=N2)cc1. The van der Waals surface area contributed by atoms with Crippen molar-refractivity contribution >= 4 is 23.5 Å². The van der Waals surface area contributed by atoms with Crippen LogP contribution < -0.4 is 10.6 Å². The van der Waals surface area contributed by atoms with Crippen LogP contribution in [0.5, 0.6) is 0 Å². The number of hydrogen-bond acceptors (Lipinski definition) is 5. The molecule has 2 aliphatic rings. The number of hydrogen-bond donors (Lipinski definition) is 2. The van der Waals surface area contributed by atoms with E-state index in [9.17, 15) is 9.59 Å². The predicted molar refractivity (Wildman–Crippen MR) is 92.9 cm³/mol. The van der Waals surface area contributed by atoms with Gasteiger partial charge in [-0.15, -0.1) is 0 Å². The van der Waals surface area contributed by atoms with Crippen molar-refractivity contribution in [1.82, 2.24) is 15.1 Å². The summed E-state index contributed by atoms with van der Waals surface area (Å²) < 4.78 is 0. The lowest BCUT2D eigenvalue weighted by molar-refractivity contribution is -0.125. The molecule has 24 heavy (non-hydrogen) atoms. The smallest absolute Gasteiger partial charge is 0.249 e. The molecule has 1 fully saturated rings. The molecule has 1 aromatic carbocycles. The molecule has 2 amide bonds. The van der Waals surface area contributed by atoms with E-state index in [4.69, 9.17) is 0 Å². The van der Waals surface area contributed by atoms with Gasteiger partial charge in [-0.2, -0.15) is 0 Å². The molecule has 0 spiro atoms. The molecule has 0 radical (unpaired) electrons. The van der Waals surface area contributed by atoms with Crippen molar-refractivity contribution in [2.75, 3.05) is 38.5 Å². The van der Waals surface area contributed by atoms with Crippen LogP contribution in [0.1, 0.15) is 12.0 Å². The van der Waals surface area contributed by atoms with E-state index < -0.39 is 6.04 Å². The van der Waals surface area contributed by atoms with E-state index in [1.54, 1.807) is 0 Å². The highest BCUT2D eigenvalue weighted by atomic mass is 16.2. The summed E-state index contributed by atoms with van der Waals surface area (Å²) in [6.07, 6.45) is 0.0783. The van der Waals surface area contributed by atoms with Gasteiger partial charge < -0.3 is 15.1 Å². The molecule has 1 atom stereocenters. The molecule has 0 unspecified atom stereocenters. The van der Waals surface area contributed by atoms with Crippen LogP contribution in [0.2, 0.25) is 0 Å². The highest BCUT2D eigenvalue weighted by Crippen LogP contribution is 2.13. The number of likely N-dealkylation sites (N-methyl/N-ethyl adjacent to an activating group) is 1. The Morgan fingerprint density at radius 2 is 1.88 bits per heavy atom. The summed E-state index contributed by atoms with van der Waals surface area (Å²) in [6.45, 7) is 5.40. The first-order valence-electron chi connectivity index (χ1n) is 8.20. The zero-order chi connectivity index (χ0) is 17.1. The monoisotopic (exact) mass is 329 g/mol. The summed E-state index contributed by atoms with van der Waals surface area (Å²) in [7, 11) is 2.07. The van der Waals surface area contributed by atoms with E-state index in [2.05, 4.69) is 27.6 Å². The standard InChI is InChI=1S/C17H23N5O2/c1-12-3-5-13(6-4-12)18-16(24)14-11-15(23)20-17(19-14)22-9-7-21(2)8-10-22/h3-6,14H,7-11H2,1-2H3,(H,18,24)(H,19,20,23)/t14-/m0/s1. The number of nitrogens with one attached hydrogen (secondary N) is 2. The minimum atomic E-state index is -0.685. The molecule has 0 aromatic heterocycles. The van der Waals surface area contributed by atoms with Gasteiger partial charge in [0, 0.05) is 31.9 Å². The first-order chi connectivity index (χ1) is 11.5. The van der Waals surface area contributed by atoms with Crippen molar-refractivity contribution in [3.05, 3.63) is 29.8 Å². The van der Waals surface area contributed by atoms with Gasteiger partial charge in [0.15, 0.2) is 0 Å². The van der Waals surface area contributed by atoms with Crippen LogP contribution in [0.25, 0.3) is 0 Å². The number of nitrogens with zero attached hydrogens (tertiary/aromatic N) is 3. The first-order valence-corrected chi connectivity index (χ1v) is 8.20. The molecular formula is C17H23N5O2.